The first-order chi connectivity index (χ1) is 9.99. The smallest absolute Gasteiger partial charge is 0.249 e. The summed E-state index contributed by atoms with van der Waals surface area (Å²) in [6.45, 7) is 2.03. The maximum Gasteiger partial charge on any atom is 0.249 e. The van der Waals surface area contributed by atoms with E-state index in [1.54, 1.807) is 4.90 Å². The van der Waals surface area contributed by atoms with E-state index in [2.05, 4.69) is 5.32 Å². The Hall–Kier alpha value is -1.60. The molecule has 1 aromatic rings. The number of nitrogens with two attached hydrogens (primary N) is 1. The monoisotopic (exact) mass is 323 g/mol. The van der Waals surface area contributed by atoms with Crippen molar-refractivity contribution >= 4 is 46.5 Å². The van der Waals surface area contributed by atoms with Gasteiger partial charge in [-0.1, -0.05) is 25.2 Å². The van der Waals surface area contributed by atoms with Crippen LogP contribution in [-0.4, -0.2) is 35.6 Å². The van der Waals surface area contributed by atoms with Gasteiger partial charge in [-0.05, 0) is 24.8 Å². The molecule has 7 heteroatoms. The average molecular weight is 323 g/mol. The molecule has 2 rings (SSSR count). The average Bonchev–Trinajstić information content (AvgIpc) is 2.45. The van der Waals surface area contributed by atoms with Gasteiger partial charge >= 0.3 is 0 Å². The molecule has 0 aromatic heterocycles. The third kappa shape index (κ3) is 3.03. The summed E-state index contributed by atoms with van der Waals surface area (Å²) in [6, 6.07) is 5.26. The lowest BCUT2D eigenvalue weighted by Gasteiger charge is -2.36. The molecule has 1 aliphatic rings. The molecule has 5 nitrogen and oxygen atoms in total. The third-order valence-corrected chi connectivity index (χ3v) is 4.41. The molecule has 0 spiro atoms. The van der Waals surface area contributed by atoms with Crippen molar-refractivity contribution in [2.45, 2.75) is 24.3 Å². The normalized spacial score (nSPS) is 18.6. The standard InChI is InChI=1S/C14H17N3O2S2/c1-3-8-14(19)16-11(18)7-17(8)9-5-4-6-10(21-2)12(9)13(15)20/h4-6,8H,3,7H2,1-2H3,(H2,15,20)(H,16,18,19). The van der Waals surface area contributed by atoms with Gasteiger partial charge in [0.25, 0.3) is 0 Å². The number of nitrogens with one attached hydrogen (secondary N) is 1. The summed E-state index contributed by atoms with van der Waals surface area (Å²) in [5.74, 6) is -0.592. The predicted molar refractivity (Wildman–Crippen MR) is 88.7 cm³/mol. The minimum atomic E-state index is -0.395. The SMILES string of the molecule is CCC1C(=O)NC(=O)CN1c1cccc(SC)c1C(N)=S. The first-order valence-corrected chi connectivity index (χ1v) is 8.20. The van der Waals surface area contributed by atoms with Crippen molar-refractivity contribution in [3.8, 4) is 0 Å². The molecule has 1 unspecified atom stereocenters. The molecule has 0 radical (unpaired) electrons. The van der Waals surface area contributed by atoms with Crippen LogP contribution in [0.1, 0.15) is 18.9 Å². The summed E-state index contributed by atoms with van der Waals surface area (Å²) in [5, 5.41) is 2.37. The molecule has 21 heavy (non-hydrogen) atoms. The van der Waals surface area contributed by atoms with Crippen LogP contribution >= 0.6 is 24.0 Å². The fraction of sp³-hybridized carbons (Fsp3) is 0.357. The first-order valence-electron chi connectivity index (χ1n) is 6.56. The number of carbonyl (C=O) groups excluding carboxylic acids is 2. The molecule has 2 amide bonds. The highest BCUT2D eigenvalue weighted by molar-refractivity contribution is 7.98. The van der Waals surface area contributed by atoms with Crippen LogP contribution in [0.25, 0.3) is 0 Å². The third-order valence-electron chi connectivity index (χ3n) is 3.42. The second kappa shape index (κ2) is 6.44. The number of nitrogens with zero attached hydrogens (tertiary/aromatic N) is 1. The van der Waals surface area contributed by atoms with Crippen LogP contribution in [-0.2, 0) is 9.59 Å². The van der Waals surface area contributed by atoms with Gasteiger partial charge in [-0.2, -0.15) is 0 Å². The van der Waals surface area contributed by atoms with Gasteiger partial charge in [0.1, 0.15) is 11.0 Å². The molecule has 1 heterocycles. The van der Waals surface area contributed by atoms with E-state index in [0.717, 1.165) is 16.1 Å². The van der Waals surface area contributed by atoms with Gasteiger partial charge in [0, 0.05) is 16.1 Å². The number of anilines is 1. The number of piperazine rings is 1. The van der Waals surface area contributed by atoms with Crippen molar-refractivity contribution < 1.29 is 9.59 Å². The summed E-state index contributed by atoms with van der Waals surface area (Å²) < 4.78 is 0. The molecular formula is C14H17N3O2S2. The fourth-order valence-corrected chi connectivity index (χ4v) is 3.41. The Morgan fingerprint density at radius 3 is 2.81 bits per heavy atom. The zero-order chi connectivity index (χ0) is 15.6. The van der Waals surface area contributed by atoms with Crippen LogP contribution < -0.4 is 16.0 Å². The van der Waals surface area contributed by atoms with E-state index < -0.39 is 6.04 Å². The molecule has 1 saturated heterocycles. The molecule has 3 N–H and O–H groups in total. The van der Waals surface area contributed by atoms with Crippen LogP contribution in [0, 0.1) is 0 Å². The highest BCUT2D eigenvalue weighted by Crippen LogP contribution is 2.32. The summed E-state index contributed by atoms with van der Waals surface area (Å²) in [7, 11) is 0. The maximum atomic E-state index is 12.0. The molecule has 1 fully saturated rings. The molecule has 1 aliphatic heterocycles. The van der Waals surface area contributed by atoms with Gasteiger partial charge < -0.3 is 10.6 Å². The highest BCUT2D eigenvalue weighted by Gasteiger charge is 2.34. The Bertz CT molecular complexity index is 604. The Morgan fingerprint density at radius 2 is 2.24 bits per heavy atom. The van der Waals surface area contributed by atoms with E-state index >= 15 is 0 Å². The Balaban J connectivity index is 2.55. The van der Waals surface area contributed by atoms with Gasteiger partial charge in [0.2, 0.25) is 11.8 Å². The lowest BCUT2D eigenvalue weighted by Crippen LogP contribution is -2.58. The molecule has 1 aromatic carbocycles. The van der Waals surface area contributed by atoms with Gasteiger partial charge in [-0.3, -0.25) is 14.9 Å². The Morgan fingerprint density at radius 1 is 1.52 bits per heavy atom. The van der Waals surface area contributed by atoms with E-state index in [1.165, 1.54) is 11.8 Å². The van der Waals surface area contributed by atoms with Crippen molar-refractivity contribution in [3.05, 3.63) is 23.8 Å². The Labute approximate surface area is 133 Å². The van der Waals surface area contributed by atoms with Crippen molar-refractivity contribution in [2.24, 2.45) is 5.73 Å². The topological polar surface area (TPSA) is 75.4 Å². The second-order valence-corrected chi connectivity index (χ2v) is 5.97. The van der Waals surface area contributed by atoms with Crippen LogP contribution in [0.15, 0.2) is 23.1 Å². The zero-order valence-electron chi connectivity index (χ0n) is 11.9. The van der Waals surface area contributed by atoms with Gasteiger partial charge in [-0.25, -0.2) is 0 Å². The molecule has 0 aliphatic carbocycles. The highest BCUT2D eigenvalue weighted by atomic mass is 32.2. The summed E-state index contributed by atoms with van der Waals surface area (Å²) in [5.41, 5.74) is 7.32. The summed E-state index contributed by atoms with van der Waals surface area (Å²) >= 11 is 6.69. The van der Waals surface area contributed by atoms with Gasteiger partial charge in [0.15, 0.2) is 0 Å². The quantitative estimate of drug-likeness (QED) is 0.494. The number of benzene rings is 1. The lowest BCUT2D eigenvalue weighted by molar-refractivity contribution is -0.132. The van der Waals surface area contributed by atoms with Crippen LogP contribution in [0.5, 0.6) is 0 Å². The van der Waals surface area contributed by atoms with Crippen LogP contribution in [0.2, 0.25) is 0 Å². The van der Waals surface area contributed by atoms with Crippen molar-refractivity contribution in [2.75, 3.05) is 17.7 Å². The molecular weight excluding hydrogens is 306 g/mol. The fourth-order valence-electron chi connectivity index (χ4n) is 2.50. The summed E-state index contributed by atoms with van der Waals surface area (Å²) in [4.78, 5) is 26.7. The molecule has 112 valence electrons. The minimum absolute atomic E-state index is 0.123. The van der Waals surface area contributed by atoms with E-state index in [0.29, 0.717) is 6.42 Å². The van der Waals surface area contributed by atoms with Crippen molar-refractivity contribution in [1.29, 1.82) is 0 Å². The number of thiocarbonyl (C=S) groups is 1. The van der Waals surface area contributed by atoms with E-state index in [9.17, 15) is 9.59 Å². The largest absolute Gasteiger partial charge is 0.389 e. The van der Waals surface area contributed by atoms with Crippen molar-refractivity contribution in [1.82, 2.24) is 5.32 Å². The molecule has 0 saturated carbocycles. The van der Waals surface area contributed by atoms with Crippen molar-refractivity contribution in [3.63, 3.8) is 0 Å². The lowest BCUT2D eigenvalue weighted by atomic mass is 10.0. The van der Waals surface area contributed by atoms with Gasteiger partial charge in [0.05, 0.1) is 6.54 Å². The maximum absolute atomic E-state index is 12.0. The predicted octanol–water partition coefficient (Wildman–Crippen LogP) is 1.28. The summed E-state index contributed by atoms with van der Waals surface area (Å²) in [6.07, 6.45) is 2.53. The number of thioether (sulfide) groups is 1. The van der Waals surface area contributed by atoms with Crippen LogP contribution in [0.3, 0.4) is 0 Å². The van der Waals surface area contributed by atoms with E-state index in [1.807, 2.05) is 31.4 Å². The zero-order valence-corrected chi connectivity index (χ0v) is 13.5. The first kappa shape index (κ1) is 15.8. The van der Waals surface area contributed by atoms with E-state index in [-0.39, 0.29) is 23.3 Å². The molecule has 1 atom stereocenters. The van der Waals surface area contributed by atoms with Crippen LogP contribution in [0.4, 0.5) is 5.69 Å². The second-order valence-electron chi connectivity index (χ2n) is 4.68. The minimum Gasteiger partial charge on any atom is -0.389 e. The Kier molecular flexibility index (Phi) is 4.84. The van der Waals surface area contributed by atoms with E-state index in [4.69, 9.17) is 18.0 Å². The number of hydrogen-bond acceptors (Lipinski definition) is 5. The number of amides is 2. The molecule has 0 bridgehead atoms. The number of imide groups is 1. The number of carbonyl (C=O) groups is 2. The number of rotatable bonds is 4. The number of hydrogen-bond donors (Lipinski definition) is 2. The van der Waals surface area contributed by atoms with Gasteiger partial charge in [-0.15, -0.1) is 11.8 Å².